The molecule has 26 heavy (non-hydrogen) atoms. The second kappa shape index (κ2) is 6.38. The van der Waals surface area contributed by atoms with E-state index in [1.807, 2.05) is 38.1 Å². The zero-order valence-corrected chi connectivity index (χ0v) is 16.8. The number of ether oxygens (including phenoxy) is 1. The number of carbonyl (C=O) groups excluding carboxylic acids is 1. The molecule has 3 nitrogen and oxygen atoms in total. The number of aliphatic hydroxyl groups excluding tert-OH is 1. The number of ketones is 1. The Balaban J connectivity index is 1.85. The average molecular weight is 409 g/mol. The Labute approximate surface area is 166 Å². The van der Waals surface area contributed by atoms with E-state index in [-0.39, 0.29) is 11.5 Å². The van der Waals surface area contributed by atoms with Gasteiger partial charge in [-0.05, 0) is 48.9 Å². The van der Waals surface area contributed by atoms with Gasteiger partial charge >= 0.3 is 0 Å². The number of benzene rings is 1. The molecule has 6 heteroatoms. The summed E-state index contributed by atoms with van der Waals surface area (Å²) in [7, 11) is 0. The topological polar surface area (TPSA) is 46.5 Å². The van der Waals surface area contributed by atoms with Crippen molar-refractivity contribution in [3.63, 3.8) is 0 Å². The third-order valence-electron chi connectivity index (χ3n) is 5.29. The quantitative estimate of drug-likeness (QED) is 0.669. The Morgan fingerprint density at radius 2 is 2.08 bits per heavy atom. The van der Waals surface area contributed by atoms with Crippen LogP contribution in [0.1, 0.15) is 37.8 Å². The summed E-state index contributed by atoms with van der Waals surface area (Å²) in [6.45, 7) is 3.88. The number of hydrogen-bond acceptors (Lipinski definition) is 4. The van der Waals surface area contributed by atoms with Gasteiger partial charge in [0.1, 0.15) is 21.8 Å². The van der Waals surface area contributed by atoms with Crippen LogP contribution in [0.25, 0.3) is 16.7 Å². The highest BCUT2D eigenvalue weighted by Gasteiger charge is 2.50. The van der Waals surface area contributed by atoms with Crippen molar-refractivity contribution in [2.45, 2.75) is 44.8 Å². The van der Waals surface area contributed by atoms with Gasteiger partial charge in [-0.15, -0.1) is 11.3 Å². The van der Waals surface area contributed by atoms with Crippen LogP contribution in [0.2, 0.25) is 8.67 Å². The molecule has 1 aromatic heterocycles. The average Bonchev–Trinajstić information content (AvgIpc) is 3.15. The molecule has 0 radical (unpaired) electrons. The van der Waals surface area contributed by atoms with Crippen molar-refractivity contribution in [1.29, 1.82) is 0 Å². The van der Waals surface area contributed by atoms with E-state index in [4.69, 9.17) is 27.9 Å². The zero-order chi connectivity index (χ0) is 18.6. The standard InChI is InChI=1S/C20H18Cl2O3S/c1-3-10-8-11(13-9-15(21)26-19(13)22)4-5-12(10)16-17(23)14-6-7-20(2,25-14)18(16)24/h4-5,8-9,14,24H,3,6-7H2,1-2H3/t14-,20+/m0/s1. The first kappa shape index (κ1) is 18.1. The predicted octanol–water partition coefficient (Wildman–Crippen LogP) is 6.07. The van der Waals surface area contributed by atoms with Crippen LogP contribution in [0.3, 0.4) is 0 Å². The van der Waals surface area contributed by atoms with Crippen LogP contribution >= 0.6 is 34.5 Å². The fraction of sp³-hybridized carbons (Fsp3) is 0.350. The van der Waals surface area contributed by atoms with Crippen molar-refractivity contribution in [3.05, 3.63) is 49.8 Å². The monoisotopic (exact) mass is 408 g/mol. The van der Waals surface area contributed by atoms with Crippen LogP contribution < -0.4 is 0 Å². The van der Waals surface area contributed by atoms with Crippen LogP contribution in [-0.4, -0.2) is 22.6 Å². The maximum atomic E-state index is 12.8. The van der Waals surface area contributed by atoms with E-state index in [9.17, 15) is 9.90 Å². The molecule has 4 rings (SSSR count). The van der Waals surface area contributed by atoms with Gasteiger partial charge in [-0.1, -0.05) is 48.3 Å². The van der Waals surface area contributed by atoms with Crippen molar-refractivity contribution in [2.75, 3.05) is 0 Å². The molecule has 2 aromatic rings. The van der Waals surface area contributed by atoms with E-state index < -0.39 is 11.7 Å². The van der Waals surface area contributed by atoms with Crippen molar-refractivity contribution in [1.82, 2.24) is 0 Å². The van der Waals surface area contributed by atoms with Gasteiger partial charge in [0.05, 0.1) is 9.91 Å². The smallest absolute Gasteiger partial charge is 0.195 e. The molecule has 2 aliphatic rings. The Morgan fingerprint density at radius 3 is 2.73 bits per heavy atom. The molecule has 0 aliphatic carbocycles. The molecule has 136 valence electrons. The number of rotatable bonds is 3. The van der Waals surface area contributed by atoms with Gasteiger partial charge in [0.25, 0.3) is 0 Å². The summed E-state index contributed by atoms with van der Waals surface area (Å²) in [5.41, 5.74) is 3.23. The lowest BCUT2D eigenvalue weighted by atomic mass is 9.87. The second-order valence-corrected chi connectivity index (χ2v) is 9.21. The largest absolute Gasteiger partial charge is 0.508 e. The van der Waals surface area contributed by atoms with Gasteiger partial charge in [0.2, 0.25) is 0 Å². The zero-order valence-electron chi connectivity index (χ0n) is 14.4. The van der Waals surface area contributed by atoms with Crippen molar-refractivity contribution < 1.29 is 14.6 Å². The maximum Gasteiger partial charge on any atom is 0.195 e. The third kappa shape index (κ3) is 2.71. The highest BCUT2D eigenvalue weighted by atomic mass is 35.5. The molecule has 2 aliphatic heterocycles. The van der Waals surface area contributed by atoms with Crippen molar-refractivity contribution in [3.8, 4) is 11.1 Å². The molecule has 3 heterocycles. The van der Waals surface area contributed by atoms with Crippen LogP contribution in [0.4, 0.5) is 0 Å². The number of aliphatic hydroxyl groups is 1. The van der Waals surface area contributed by atoms with Gasteiger partial charge in [0, 0.05) is 5.56 Å². The summed E-state index contributed by atoms with van der Waals surface area (Å²) in [6, 6.07) is 7.69. The Morgan fingerprint density at radius 1 is 1.31 bits per heavy atom. The number of carbonyl (C=O) groups is 1. The highest BCUT2D eigenvalue weighted by Crippen LogP contribution is 2.46. The molecule has 1 N–H and O–H groups in total. The predicted molar refractivity (Wildman–Crippen MR) is 106 cm³/mol. The number of halogens is 2. The Kier molecular flexibility index (Phi) is 4.43. The molecule has 1 fully saturated rings. The third-order valence-corrected chi connectivity index (χ3v) is 6.77. The van der Waals surface area contributed by atoms with E-state index in [0.29, 0.717) is 27.1 Å². The summed E-state index contributed by atoms with van der Waals surface area (Å²) < 4.78 is 7.03. The SMILES string of the molecule is CCc1cc(-c2cc(Cl)sc2Cl)ccc1C1=C(O)[C@@]2(C)CC[C@H](O2)C1=O. The number of aryl methyl sites for hydroxylation is 1. The lowest BCUT2D eigenvalue weighted by Crippen LogP contribution is -2.37. The molecular formula is C20H18Cl2O3S. The molecule has 1 saturated heterocycles. The summed E-state index contributed by atoms with van der Waals surface area (Å²) in [6.07, 6.45) is 1.57. The fourth-order valence-corrected chi connectivity index (χ4v) is 5.34. The number of hydrogen-bond donors (Lipinski definition) is 1. The minimum atomic E-state index is -0.762. The van der Waals surface area contributed by atoms with Gasteiger partial charge < -0.3 is 9.84 Å². The molecule has 1 aromatic carbocycles. The molecule has 0 amide bonds. The summed E-state index contributed by atoms with van der Waals surface area (Å²) in [4.78, 5) is 12.8. The lowest BCUT2D eigenvalue weighted by Gasteiger charge is -2.31. The van der Waals surface area contributed by atoms with E-state index in [1.54, 1.807) is 0 Å². The first-order valence-corrected chi connectivity index (χ1v) is 10.2. The first-order chi connectivity index (χ1) is 12.3. The molecule has 2 bridgehead atoms. The van der Waals surface area contributed by atoms with E-state index in [1.165, 1.54) is 11.3 Å². The van der Waals surface area contributed by atoms with Crippen molar-refractivity contribution in [2.24, 2.45) is 0 Å². The van der Waals surface area contributed by atoms with Gasteiger partial charge in [-0.25, -0.2) is 0 Å². The molecule has 0 unspecified atom stereocenters. The van der Waals surface area contributed by atoms with E-state index in [2.05, 4.69) is 0 Å². The van der Waals surface area contributed by atoms with Crippen LogP contribution in [0, 0.1) is 0 Å². The number of fused-ring (bicyclic) bond motifs is 2. The molecule has 2 atom stereocenters. The highest BCUT2D eigenvalue weighted by molar-refractivity contribution is 7.20. The van der Waals surface area contributed by atoms with Crippen LogP contribution in [-0.2, 0) is 16.0 Å². The Hall–Kier alpha value is -1.33. The first-order valence-electron chi connectivity index (χ1n) is 8.58. The summed E-state index contributed by atoms with van der Waals surface area (Å²) in [5.74, 6) is -0.0770. The molecule has 0 spiro atoms. The molecular weight excluding hydrogens is 391 g/mol. The van der Waals surface area contributed by atoms with Gasteiger partial charge in [-0.3, -0.25) is 4.79 Å². The van der Waals surface area contributed by atoms with E-state index >= 15 is 0 Å². The maximum absolute atomic E-state index is 12.8. The molecule has 0 saturated carbocycles. The van der Waals surface area contributed by atoms with E-state index in [0.717, 1.165) is 28.7 Å². The van der Waals surface area contributed by atoms with Gasteiger partial charge in [-0.2, -0.15) is 0 Å². The minimum Gasteiger partial charge on any atom is -0.508 e. The lowest BCUT2D eigenvalue weighted by molar-refractivity contribution is -0.130. The second-order valence-electron chi connectivity index (χ2n) is 6.93. The summed E-state index contributed by atoms with van der Waals surface area (Å²) >= 11 is 13.7. The normalized spacial score (nSPS) is 25.2. The Bertz CT molecular complexity index is 947. The van der Waals surface area contributed by atoms with Crippen LogP contribution in [0.5, 0.6) is 0 Å². The number of thiophene rings is 1. The minimum absolute atomic E-state index is 0.0512. The fourth-order valence-electron chi connectivity index (χ4n) is 3.83. The summed E-state index contributed by atoms with van der Waals surface area (Å²) in [5, 5.41) is 10.8. The van der Waals surface area contributed by atoms with Gasteiger partial charge in [0.15, 0.2) is 5.78 Å². The van der Waals surface area contributed by atoms with Crippen LogP contribution in [0.15, 0.2) is 30.0 Å². The number of Topliss-reactive ketones (excluding diaryl/α,β-unsaturated/α-hetero) is 1. The van der Waals surface area contributed by atoms with Crippen molar-refractivity contribution >= 4 is 45.9 Å².